The number of nitrogens with one attached hydrogen (secondary N) is 1. The number of rotatable bonds is 3. The summed E-state index contributed by atoms with van der Waals surface area (Å²) >= 11 is 0. The molecule has 0 spiro atoms. The Morgan fingerprint density at radius 2 is 1.84 bits per heavy atom. The van der Waals surface area contributed by atoms with E-state index >= 15 is 0 Å². The average molecular weight is 285 g/mol. The van der Waals surface area contributed by atoms with Gasteiger partial charge in [-0.05, 0) is 13.8 Å². The largest absolute Gasteiger partial charge is 0.366 e. The highest BCUT2D eigenvalue weighted by Crippen LogP contribution is 2.14. The van der Waals surface area contributed by atoms with E-state index < -0.39 is 15.5 Å². The van der Waals surface area contributed by atoms with Crippen LogP contribution in [0, 0.1) is 0 Å². The van der Waals surface area contributed by atoms with Crippen molar-refractivity contribution in [1.82, 2.24) is 14.2 Å². The minimum Gasteiger partial charge on any atom is -0.366 e. The maximum Gasteiger partial charge on any atom is 0.248 e. The molecule has 2 heterocycles. The molecule has 6 nitrogen and oxygen atoms in total. The van der Waals surface area contributed by atoms with Gasteiger partial charge in [0.25, 0.3) is 0 Å². The van der Waals surface area contributed by atoms with Gasteiger partial charge in [-0.1, -0.05) is 0 Å². The van der Waals surface area contributed by atoms with Gasteiger partial charge in [-0.15, -0.1) is 0 Å². The van der Waals surface area contributed by atoms with Crippen molar-refractivity contribution in [2.24, 2.45) is 0 Å². The Labute approximate surface area is 113 Å². The van der Waals surface area contributed by atoms with Crippen LogP contribution in [0.4, 0.5) is 0 Å². The second-order valence-corrected chi connectivity index (χ2v) is 6.81. The Morgan fingerprint density at radius 3 is 2.37 bits per heavy atom. The summed E-state index contributed by atoms with van der Waals surface area (Å²) in [6.45, 7) is 6.42. The van der Waals surface area contributed by atoms with Crippen molar-refractivity contribution in [3.8, 4) is 0 Å². The number of aromatic nitrogens is 1. The summed E-state index contributed by atoms with van der Waals surface area (Å²) in [4.78, 5) is 16.4. The third-order valence-corrected chi connectivity index (χ3v) is 5.33. The fourth-order valence-electron chi connectivity index (χ4n) is 2.20. The number of nitrogens with zero attached hydrogens (tertiary/aromatic N) is 2. The lowest BCUT2D eigenvalue weighted by atomic mass is 10.3. The van der Waals surface area contributed by atoms with Crippen molar-refractivity contribution in [2.45, 2.75) is 24.8 Å². The molecular formula is C12H19N3O3S. The Bertz CT molecular complexity index is 586. The van der Waals surface area contributed by atoms with Gasteiger partial charge in [-0.3, -0.25) is 9.69 Å². The molecule has 1 aromatic rings. The topological polar surface area (TPSA) is 73.5 Å². The summed E-state index contributed by atoms with van der Waals surface area (Å²) in [5.74, 6) is 0. The van der Waals surface area contributed by atoms with Crippen LogP contribution in [0.25, 0.3) is 0 Å². The van der Waals surface area contributed by atoms with Crippen molar-refractivity contribution >= 4 is 10.0 Å². The Balaban J connectivity index is 2.19. The molecule has 106 valence electrons. The van der Waals surface area contributed by atoms with E-state index in [1.165, 1.54) is 22.8 Å². The number of piperazine rings is 1. The predicted molar refractivity (Wildman–Crippen MR) is 72.5 cm³/mol. The van der Waals surface area contributed by atoms with E-state index in [0.29, 0.717) is 32.2 Å². The molecule has 2 rings (SSSR count). The fraction of sp³-hybridized carbons (Fsp3) is 0.583. The highest BCUT2D eigenvalue weighted by molar-refractivity contribution is 7.89. The molecule has 7 heteroatoms. The van der Waals surface area contributed by atoms with Crippen LogP contribution in [-0.4, -0.2) is 54.8 Å². The summed E-state index contributed by atoms with van der Waals surface area (Å²) in [5, 5.41) is 0. The molecule has 0 atom stereocenters. The van der Waals surface area contributed by atoms with Crippen LogP contribution in [-0.2, 0) is 10.0 Å². The normalized spacial score (nSPS) is 18.9. The van der Waals surface area contributed by atoms with E-state index in [2.05, 4.69) is 23.7 Å². The number of H-pyrrole nitrogens is 1. The van der Waals surface area contributed by atoms with Gasteiger partial charge < -0.3 is 4.98 Å². The Morgan fingerprint density at radius 1 is 1.21 bits per heavy atom. The number of aromatic amines is 1. The first-order chi connectivity index (χ1) is 8.93. The van der Waals surface area contributed by atoms with E-state index in [1.54, 1.807) is 0 Å². The molecule has 19 heavy (non-hydrogen) atoms. The summed E-state index contributed by atoms with van der Waals surface area (Å²) in [6, 6.07) is 1.64. The molecule has 1 aliphatic rings. The highest BCUT2D eigenvalue weighted by atomic mass is 32.2. The highest BCUT2D eigenvalue weighted by Gasteiger charge is 2.30. The van der Waals surface area contributed by atoms with Gasteiger partial charge >= 0.3 is 0 Å². The smallest absolute Gasteiger partial charge is 0.248 e. The van der Waals surface area contributed by atoms with Crippen molar-refractivity contribution < 1.29 is 8.42 Å². The van der Waals surface area contributed by atoms with Crippen LogP contribution in [0.15, 0.2) is 28.2 Å². The first-order valence-electron chi connectivity index (χ1n) is 6.34. The van der Waals surface area contributed by atoms with E-state index in [-0.39, 0.29) is 4.90 Å². The van der Waals surface area contributed by atoms with Crippen LogP contribution in [0.1, 0.15) is 13.8 Å². The minimum absolute atomic E-state index is 0.173. The predicted octanol–water partition coefficient (Wildman–Crippen LogP) is 0.0896. The second kappa shape index (κ2) is 5.44. The number of pyridine rings is 1. The van der Waals surface area contributed by atoms with Gasteiger partial charge in [0.05, 0.1) is 0 Å². The van der Waals surface area contributed by atoms with Crippen LogP contribution in [0.3, 0.4) is 0 Å². The summed E-state index contributed by atoms with van der Waals surface area (Å²) in [6.07, 6.45) is 2.69. The average Bonchev–Trinajstić information content (AvgIpc) is 2.39. The summed E-state index contributed by atoms with van der Waals surface area (Å²) in [7, 11) is -3.68. The number of sulfonamides is 1. The Kier molecular flexibility index (Phi) is 4.07. The van der Waals surface area contributed by atoms with Gasteiger partial charge in [0, 0.05) is 50.7 Å². The number of hydrogen-bond acceptors (Lipinski definition) is 4. The number of hydrogen-bond donors (Lipinski definition) is 1. The molecule has 0 unspecified atom stereocenters. The lowest BCUT2D eigenvalue weighted by molar-refractivity contribution is 0.154. The fourth-order valence-corrected chi connectivity index (χ4v) is 3.66. The third kappa shape index (κ3) is 2.88. The monoisotopic (exact) mass is 285 g/mol. The third-order valence-electron chi connectivity index (χ3n) is 3.41. The van der Waals surface area contributed by atoms with Crippen molar-refractivity contribution in [1.29, 1.82) is 0 Å². The second-order valence-electron chi connectivity index (χ2n) is 4.91. The molecule has 0 bridgehead atoms. The molecule has 1 N–H and O–H groups in total. The SMILES string of the molecule is CC(C)N1CCN(S(=O)(=O)c2c[nH]ccc2=O)CC1. The zero-order valence-electron chi connectivity index (χ0n) is 11.2. The van der Waals surface area contributed by atoms with Gasteiger partial charge in [-0.25, -0.2) is 8.42 Å². The van der Waals surface area contributed by atoms with Crippen LogP contribution < -0.4 is 5.43 Å². The zero-order chi connectivity index (χ0) is 14.0. The molecule has 0 radical (unpaired) electrons. The summed E-state index contributed by atoms with van der Waals surface area (Å²) < 4.78 is 26.1. The Hall–Kier alpha value is -1.18. The van der Waals surface area contributed by atoms with Gasteiger partial charge in [-0.2, -0.15) is 4.31 Å². The molecule has 0 saturated carbocycles. The molecule has 1 aliphatic heterocycles. The first-order valence-corrected chi connectivity index (χ1v) is 7.78. The maximum atomic E-state index is 12.4. The molecule has 1 fully saturated rings. The molecular weight excluding hydrogens is 266 g/mol. The quantitative estimate of drug-likeness (QED) is 0.854. The zero-order valence-corrected chi connectivity index (χ0v) is 12.0. The molecule has 0 aromatic carbocycles. The van der Waals surface area contributed by atoms with Gasteiger partial charge in [0.1, 0.15) is 4.90 Å². The van der Waals surface area contributed by atoms with E-state index in [0.717, 1.165) is 0 Å². The van der Waals surface area contributed by atoms with E-state index in [4.69, 9.17) is 0 Å². The van der Waals surface area contributed by atoms with E-state index in [1.807, 2.05) is 0 Å². The van der Waals surface area contributed by atoms with Crippen molar-refractivity contribution in [3.05, 3.63) is 28.7 Å². The lowest BCUT2D eigenvalue weighted by Crippen LogP contribution is -2.51. The lowest BCUT2D eigenvalue weighted by Gasteiger charge is -2.36. The maximum absolute atomic E-state index is 12.4. The van der Waals surface area contributed by atoms with Gasteiger partial charge in [0.15, 0.2) is 0 Å². The standard InChI is InChI=1S/C12H19N3O3S/c1-10(2)14-5-7-15(8-6-14)19(17,18)12-9-13-4-3-11(12)16/h3-4,9-10H,5-8H2,1-2H3,(H,13,16). The molecule has 0 amide bonds. The van der Waals surface area contributed by atoms with Gasteiger partial charge in [0.2, 0.25) is 15.5 Å². The van der Waals surface area contributed by atoms with Crippen molar-refractivity contribution in [2.75, 3.05) is 26.2 Å². The molecule has 1 saturated heterocycles. The first kappa shape index (κ1) is 14.2. The van der Waals surface area contributed by atoms with Crippen molar-refractivity contribution in [3.63, 3.8) is 0 Å². The molecule has 1 aromatic heterocycles. The minimum atomic E-state index is -3.68. The summed E-state index contributed by atoms with van der Waals surface area (Å²) in [5.41, 5.74) is -0.468. The van der Waals surface area contributed by atoms with Crippen LogP contribution >= 0.6 is 0 Å². The molecule has 0 aliphatic carbocycles. The van der Waals surface area contributed by atoms with Crippen LogP contribution in [0.5, 0.6) is 0 Å². The van der Waals surface area contributed by atoms with Crippen LogP contribution in [0.2, 0.25) is 0 Å². The van der Waals surface area contributed by atoms with E-state index in [9.17, 15) is 13.2 Å².